The molecule has 1 saturated heterocycles. The molecule has 0 atom stereocenters. The number of methoxy groups -OCH3 is 1. The molecule has 2 aromatic rings. The van der Waals surface area contributed by atoms with Gasteiger partial charge in [-0.2, -0.15) is 0 Å². The maximum absolute atomic E-state index is 11.8. The van der Waals surface area contributed by atoms with Crippen LogP contribution in [0.4, 0.5) is 23.0 Å². The molecule has 1 aliphatic rings. The fraction of sp³-hybridized carbons (Fsp3) is 0.412. The molecule has 1 aromatic carbocycles. The molecule has 10 nitrogen and oxygen atoms in total. The van der Waals surface area contributed by atoms with E-state index in [1.807, 2.05) is 4.90 Å². The third-order valence-corrected chi connectivity index (χ3v) is 4.72. The van der Waals surface area contributed by atoms with Crippen molar-refractivity contribution in [2.24, 2.45) is 0 Å². The molecule has 11 heteroatoms. The second-order valence-electron chi connectivity index (χ2n) is 6.17. The fourth-order valence-corrected chi connectivity index (χ4v) is 3.26. The predicted molar refractivity (Wildman–Crippen MR) is 106 cm³/mol. The quantitative estimate of drug-likeness (QED) is 0.523. The smallest absolute Gasteiger partial charge is 0.353 e. The number of nitrogens with one attached hydrogen (secondary N) is 1. The lowest BCUT2D eigenvalue weighted by Gasteiger charge is -2.34. The van der Waals surface area contributed by atoms with Gasteiger partial charge >= 0.3 is 5.69 Å². The zero-order valence-electron chi connectivity index (χ0n) is 15.3. The van der Waals surface area contributed by atoms with Gasteiger partial charge in [-0.15, -0.1) is 0 Å². The van der Waals surface area contributed by atoms with Crippen LogP contribution < -0.4 is 15.0 Å². The van der Waals surface area contributed by atoms with Gasteiger partial charge in [0.1, 0.15) is 12.1 Å². The number of hydrogen-bond acceptors (Lipinski definition) is 9. The highest BCUT2D eigenvalue weighted by Crippen LogP contribution is 2.37. The van der Waals surface area contributed by atoms with Crippen LogP contribution in [-0.4, -0.2) is 71.3 Å². The summed E-state index contributed by atoms with van der Waals surface area (Å²) in [7, 11) is 1.50. The lowest BCUT2D eigenvalue weighted by Crippen LogP contribution is -2.47. The molecule has 0 radical (unpaired) electrons. The van der Waals surface area contributed by atoms with Gasteiger partial charge in [0.2, 0.25) is 11.6 Å². The average molecular weight is 409 g/mol. The first kappa shape index (κ1) is 20.1. The maximum Gasteiger partial charge on any atom is 0.353 e. The number of benzene rings is 1. The number of piperazine rings is 1. The van der Waals surface area contributed by atoms with Crippen molar-refractivity contribution < 1.29 is 14.8 Å². The Hall–Kier alpha value is -2.69. The van der Waals surface area contributed by atoms with Crippen LogP contribution in [0.3, 0.4) is 0 Å². The molecule has 1 aliphatic heterocycles. The molecular weight excluding hydrogens is 388 g/mol. The number of aromatic nitrogens is 2. The number of aliphatic hydroxyl groups is 1. The molecule has 28 heavy (non-hydrogen) atoms. The maximum atomic E-state index is 11.8. The predicted octanol–water partition coefficient (Wildman–Crippen LogP) is 1.90. The van der Waals surface area contributed by atoms with Crippen LogP contribution in [0.1, 0.15) is 0 Å². The summed E-state index contributed by atoms with van der Waals surface area (Å²) in [6.45, 7) is 3.18. The number of nitrogens with zero attached hydrogens (tertiary/aromatic N) is 5. The Morgan fingerprint density at radius 3 is 2.71 bits per heavy atom. The Morgan fingerprint density at radius 2 is 2.07 bits per heavy atom. The Kier molecular flexibility index (Phi) is 6.45. The first-order valence-corrected chi connectivity index (χ1v) is 9.09. The third kappa shape index (κ3) is 4.41. The van der Waals surface area contributed by atoms with Crippen LogP contribution in [0.25, 0.3) is 0 Å². The molecule has 1 aromatic heterocycles. The Bertz CT molecular complexity index is 844. The summed E-state index contributed by atoms with van der Waals surface area (Å²) in [5.74, 6) is 0.803. The van der Waals surface area contributed by atoms with Crippen molar-refractivity contribution >= 4 is 34.6 Å². The number of nitro groups is 1. The highest BCUT2D eigenvalue weighted by Gasteiger charge is 2.29. The summed E-state index contributed by atoms with van der Waals surface area (Å²) in [6.07, 6.45) is 1.29. The van der Waals surface area contributed by atoms with Crippen molar-refractivity contribution in [2.75, 3.05) is 56.7 Å². The van der Waals surface area contributed by atoms with E-state index in [2.05, 4.69) is 20.2 Å². The van der Waals surface area contributed by atoms with E-state index in [9.17, 15) is 10.1 Å². The van der Waals surface area contributed by atoms with Gasteiger partial charge in [-0.3, -0.25) is 15.0 Å². The van der Waals surface area contributed by atoms with Crippen molar-refractivity contribution in [3.63, 3.8) is 0 Å². The van der Waals surface area contributed by atoms with E-state index in [-0.39, 0.29) is 23.9 Å². The minimum atomic E-state index is -0.491. The number of hydrogen-bond donors (Lipinski definition) is 2. The van der Waals surface area contributed by atoms with Gasteiger partial charge in [0.15, 0.2) is 0 Å². The molecule has 1 fully saturated rings. The summed E-state index contributed by atoms with van der Waals surface area (Å²) in [4.78, 5) is 23.5. The zero-order valence-corrected chi connectivity index (χ0v) is 16.1. The molecule has 0 unspecified atom stereocenters. The molecule has 0 bridgehead atoms. The van der Waals surface area contributed by atoms with Crippen LogP contribution in [-0.2, 0) is 0 Å². The van der Waals surface area contributed by atoms with Crippen LogP contribution in [0.2, 0.25) is 5.02 Å². The van der Waals surface area contributed by atoms with Gasteiger partial charge in [-0.05, 0) is 18.2 Å². The molecule has 2 N–H and O–H groups in total. The van der Waals surface area contributed by atoms with Gasteiger partial charge in [0.05, 0.1) is 24.3 Å². The second kappa shape index (κ2) is 9.00. The van der Waals surface area contributed by atoms with Crippen LogP contribution in [0, 0.1) is 10.1 Å². The summed E-state index contributed by atoms with van der Waals surface area (Å²) < 4.78 is 5.28. The van der Waals surface area contributed by atoms with Crippen molar-refractivity contribution in [1.29, 1.82) is 0 Å². The minimum Gasteiger partial charge on any atom is -0.495 e. The van der Waals surface area contributed by atoms with E-state index in [0.29, 0.717) is 49.2 Å². The highest BCUT2D eigenvalue weighted by atomic mass is 35.5. The van der Waals surface area contributed by atoms with Gasteiger partial charge in [0.25, 0.3) is 0 Å². The van der Waals surface area contributed by atoms with E-state index < -0.39 is 4.92 Å². The number of aliphatic hydroxyl groups excluding tert-OH is 1. The summed E-state index contributed by atoms with van der Waals surface area (Å²) >= 11 is 6.04. The SMILES string of the molecule is COc1ccc(Cl)cc1Nc1ncnc(N2CCN(CCO)CC2)c1[N+](=O)[O-]. The van der Waals surface area contributed by atoms with Gasteiger partial charge in [-0.25, -0.2) is 9.97 Å². The lowest BCUT2D eigenvalue weighted by atomic mass is 10.2. The van der Waals surface area contributed by atoms with Crippen molar-refractivity contribution in [2.45, 2.75) is 0 Å². The van der Waals surface area contributed by atoms with Gasteiger partial charge in [-0.1, -0.05) is 11.6 Å². The molecule has 150 valence electrons. The van der Waals surface area contributed by atoms with E-state index in [1.54, 1.807) is 18.2 Å². The summed E-state index contributed by atoms with van der Waals surface area (Å²) in [5.41, 5.74) is 0.260. The van der Waals surface area contributed by atoms with Crippen molar-refractivity contribution in [1.82, 2.24) is 14.9 Å². The second-order valence-corrected chi connectivity index (χ2v) is 6.61. The Labute approximate surface area is 166 Å². The third-order valence-electron chi connectivity index (χ3n) is 4.49. The number of anilines is 3. The summed E-state index contributed by atoms with van der Waals surface area (Å²) in [5, 5.41) is 24.3. The number of ether oxygens (including phenoxy) is 1. The summed E-state index contributed by atoms with van der Waals surface area (Å²) in [6, 6.07) is 4.94. The number of β-amino-alcohol motifs (C(OH)–C–C–N with tert-alkyl or cyclic N) is 1. The van der Waals surface area contributed by atoms with Crippen LogP contribution in [0.5, 0.6) is 5.75 Å². The Morgan fingerprint density at radius 1 is 1.32 bits per heavy atom. The minimum absolute atomic E-state index is 0.0633. The number of rotatable bonds is 7. The van der Waals surface area contributed by atoms with E-state index in [0.717, 1.165) is 0 Å². The monoisotopic (exact) mass is 408 g/mol. The van der Waals surface area contributed by atoms with E-state index >= 15 is 0 Å². The topological polar surface area (TPSA) is 117 Å². The van der Waals surface area contributed by atoms with Crippen LogP contribution >= 0.6 is 11.6 Å². The van der Waals surface area contributed by atoms with Crippen molar-refractivity contribution in [3.05, 3.63) is 39.7 Å². The zero-order chi connectivity index (χ0) is 20.1. The van der Waals surface area contributed by atoms with Gasteiger partial charge < -0.3 is 20.1 Å². The molecule has 0 amide bonds. The fourth-order valence-electron chi connectivity index (χ4n) is 3.09. The molecule has 0 spiro atoms. The largest absolute Gasteiger partial charge is 0.495 e. The lowest BCUT2D eigenvalue weighted by molar-refractivity contribution is -0.383. The molecule has 0 saturated carbocycles. The van der Waals surface area contributed by atoms with E-state index in [1.165, 1.54) is 13.4 Å². The molecule has 3 rings (SSSR count). The standard InChI is InChI=1S/C17H21ClN6O4/c1-28-14-3-2-12(18)10-13(14)21-16-15(24(26)27)17(20-11-19-16)23-6-4-22(5-7-23)8-9-25/h2-3,10-11,25H,4-9H2,1H3,(H,19,20,21). The molecule has 2 heterocycles. The number of halogens is 1. The van der Waals surface area contributed by atoms with Gasteiger partial charge in [0, 0.05) is 37.7 Å². The highest BCUT2D eigenvalue weighted by molar-refractivity contribution is 6.31. The van der Waals surface area contributed by atoms with E-state index in [4.69, 9.17) is 21.4 Å². The van der Waals surface area contributed by atoms with Crippen LogP contribution in [0.15, 0.2) is 24.5 Å². The molecular formula is C17H21ClN6O4. The first-order chi connectivity index (χ1) is 13.5. The average Bonchev–Trinajstić information content (AvgIpc) is 2.69. The normalized spacial score (nSPS) is 14.8. The van der Waals surface area contributed by atoms with Crippen molar-refractivity contribution in [3.8, 4) is 5.75 Å². The first-order valence-electron chi connectivity index (χ1n) is 8.71. The molecule has 0 aliphatic carbocycles. The Balaban J connectivity index is 1.91.